The number of thiophene rings is 1. The lowest BCUT2D eigenvalue weighted by molar-refractivity contribution is -0.118. The quantitative estimate of drug-likeness (QED) is 0.482. The molecule has 0 saturated heterocycles. The highest BCUT2D eigenvalue weighted by Gasteiger charge is 2.34. The molecular weight excluding hydrogens is 457 g/mol. The molecule has 1 aliphatic carbocycles. The molecule has 0 unspecified atom stereocenters. The first-order valence-corrected chi connectivity index (χ1v) is 11.9. The first-order valence-electron chi connectivity index (χ1n) is 10.3. The zero-order valence-corrected chi connectivity index (χ0v) is 20.5. The van der Waals surface area contributed by atoms with Crippen LogP contribution in [0.2, 0.25) is 10.0 Å². The van der Waals surface area contributed by atoms with E-state index in [2.05, 4.69) is 26.1 Å². The Balaban J connectivity index is 1.79. The number of hydrogen-bond acceptors (Lipinski definition) is 5. The molecule has 1 aromatic carbocycles. The minimum Gasteiger partial charge on any atom is -0.482 e. The normalized spacial score (nSPS) is 15.9. The molecule has 5 nitrogen and oxygen atoms in total. The van der Waals surface area contributed by atoms with Gasteiger partial charge in [0.15, 0.2) is 6.61 Å². The number of fused-ring (bicyclic) bond motifs is 1. The number of rotatable bonds is 6. The summed E-state index contributed by atoms with van der Waals surface area (Å²) in [5, 5.41) is 4.19. The van der Waals surface area contributed by atoms with Crippen LogP contribution in [-0.4, -0.2) is 25.1 Å². The van der Waals surface area contributed by atoms with Crippen LogP contribution in [0, 0.1) is 11.3 Å². The first-order chi connectivity index (χ1) is 14.6. The van der Waals surface area contributed by atoms with Crippen molar-refractivity contribution in [3.63, 3.8) is 0 Å². The zero-order valence-electron chi connectivity index (χ0n) is 18.1. The molecule has 1 aliphatic rings. The van der Waals surface area contributed by atoms with Crippen LogP contribution in [0.15, 0.2) is 18.2 Å². The monoisotopic (exact) mass is 483 g/mol. The van der Waals surface area contributed by atoms with Crippen LogP contribution in [0.1, 0.15) is 54.9 Å². The van der Waals surface area contributed by atoms with Crippen molar-refractivity contribution in [3.05, 3.63) is 44.2 Å². The number of nitrogens with one attached hydrogen (secondary N) is 1. The summed E-state index contributed by atoms with van der Waals surface area (Å²) >= 11 is 13.5. The van der Waals surface area contributed by atoms with Gasteiger partial charge in [-0.05, 0) is 55.2 Å². The van der Waals surface area contributed by atoms with Crippen molar-refractivity contribution in [1.29, 1.82) is 0 Å². The van der Waals surface area contributed by atoms with E-state index in [-0.39, 0.29) is 24.5 Å². The number of ether oxygens (including phenoxy) is 2. The highest BCUT2D eigenvalue weighted by atomic mass is 35.5. The van der Waals surface area contributed by atoms with E-state index in [0.717, 1.165) is 29.7 Å². The number of carbonyl (C=O) groups is 2. The zero-order chi connectivity index (χ0) is 22.8. The summed E-state index contributed by atoms with van der Waals surface area (Å²) in [5.41, 5.74) is 1.65. The fraction of sp³-hybridized carbons (Fsp3) is 0.478. The number of esters is 1. The summed E-state index contributed by atoms with van der Waals surface area (Å²) in [7, 11) is 0. The molecule has 1 amide bonds. The second-order valence-corrected chi connectivity index (χ2v) is 10.6. The summed E-state index contributed by atoms with van der Waals surface area (Å²) < 4.78 is 10.8. The third-order valence-electron chi connectivity index (χ3n) is 5.47. The minimum absolute atomic E-state index is 0.180. The van der Waals surface area contributed by atoms with Gasteiger partial charge in [-0.2, -0.15) is 0 Å². The summed E-state index contributed by atoms with van der Waals surface area (Å²) in [6.07, 6.45) is 2.69. The van der Waals surface area contributed by atoms with Gasteiger partial charge >= 0.3 is 5.97 Å². The number of hydrogen-bond donors (Lipinski definition) is 1. The maximum Gasteiger partial charge on any atom is 0.341 e. The molecule has 0 bridgehead atoms. The van der Waals surface area contributed by atoms with Crippen molar-refractivity contribution >= 4 is 51.4 Å². The summed E-state index contributed by atoms with van der Waals surface area (Å²) in [6.45, 7) is 8.51. The third-order valence-corrected chi connectivity index (χ3v) is 7.19. The van der Waals surface area contributed by atoms with Gasteiger partial charge in [0.2, 0.25) is 0 Å². The molecule has 31 heavy (non-hydrogen) atoms. The van der Waals surface area contributed by atoms with Crippen molar-refractivity contribution < 1.29 is 19.1 Å². The molecule has 0 fully saturated rings. The van der Waals surface area contributed by atoms with Crippen LogP contribution in [0.25, 0.3) is 0 Å². The van der Waals surface area contributed by atoms with Crippen molar-refractivity contribution in [3.8, 4) is 5.75 Å². The van der Waals surface area contributed by atoms with Gasteiger partial charge in [-0.1, -0.05) is 44.0 Å². The summed E-state index contributed by atoms with van der Waals surface area (Å²) in [4.78, 5) is 26.4. The molecule has 168 valence electrons. The summed E-state index contributed by atoms with van der Waals surface area (Å²) in [6, 6.07) is 4.80. The second kappa shape index (κ2) is 9.80. The number of amides is 1. The second-order valence-electron chi connectivity index (χ2n) is 8.65. The van der Waals surface area contributed by atoms with Crippen molar-refractivity contribution in [2.24, 2.45) is 11.3 Å². The van der Waals surface area contributed by atoms with Gasteiger partial charge < -0.3 is 14.8 Å². The van der Waals surface area contributed by atoms with E-state index in [1.54, 1.807) is 25.1 Å². The van der Waals surface area contributed by atoms with Gasteiger partial charge in [0.05, 0.1) is 17.2 Å². The standard InChI is InChI=1S/C23H27Cl2NO4S/c1-5-29-22(28)20-15-8-6-13(23(2,3)4)10-18(15)31-21(20)26-19(27)12-30-17-11-14(24)7-9-16(17)25/h7,9,11,13H,5-6,8,10,12H2,1-4H3,(H,26,27)/t13-/m1/s1. The van der Waals surface area contributed by atoms with Gasteiger partial charge in [0.25, 0.3) is 5.91 Å². The van der Waals surface area contributed by atoms with Crippen LogP contribution in [0.3, 0.4) is 0 Å². The van der Waals surface area contributed by atoms with Gasteiger partial charge in [0.1, 0.15) is 10.8 Å². The largest absolute Gasteiger partial charge is 0.482 e. The maximum absolute atomic E-state index is 12.7. The number of carbonyl (C=O) groups excluding carboxylic acids is 2. The summed E-state index contributed by atoms with van der Waals surface area (Å²) in [5.74, 6) is 0.0647. The Bertz CT molecular complexity index is 981. The first kappa shape index (κ1) is 23.9. The van der Waals surface area contributed by atoms with Crippen LogP contribution >= 0.6 is 34.5 Å². The Morgan fingerprint density at radius 2 is 2.00 bits per heavy atom. The average molecular weight is 484 g/mol. The Labute approximate surface area is 197 Å². The van der Waals surface area contributed by atoms with E-state index in [4.69, 9.17) is 32.7 Å². The highest BCUT2D eigenvalue weighted by molar-refractivity contribution is 7.17. The molecule has 3 rings (SSSR count). The lowest BCUT2D eigenvalue weighted by Gasteiger charge is -2.33. The Kier molecular flexibility index (Phi) is 7.55. The Hall–Kier alpha value is -1.76. The van der Waals surface area contributed by atoms with Crippen molar-refractivity contribution in [2.45, 2.75) is 47.0 Å². The van der Waals surface area contributed by atoms with Crippen LogP contribution in [0.5, 0.6) is 5.75 Å². The molecular formula is C23H27Cl2NO4S. The average Bonchev–Trinajstić information content (AvgIpc) is 3.05. The molecule has 0 spiro atoms. The van der Waals surface area contributed by atoms with Gasteiger partial charge in [-0.25, -0.2) is 4.79 Å². The SMILES string of the molecule is CCOC(=O)c1c(NC(=O)COc2cc(Cl)ccc2Cl)sc2c1CC[C@@H](C(C)(C)C)C2. The van der Waals surface area contributed by atoms with E-state index in [9.17, 15) is 9.59 Å². The van der Waals surface area contributed by atoms with Crippen LogP contribution in [-0.2, 0) is 22.4 Å². The molecule has 8 heteroatoms. The van der Waals surface area contributed by atoms with E-state index in [1.165, 1.54) is 11.3 Å². The molecule has 1 atom stereocenters. The van der Waals surface area contributed by atoms with Gasteiger partial charge in [-0.3, -0.25) is 4.79 Å². The molecule has 1 heterocycles. The lowest BCUT2D eigenvalue weighted by atomic mass is 9.72. The molecule has 2 aromatic rings. The molecule has 1 N–H and O–H groups in total. The van der Waals surface area contributed by atoms with Crippen molar-refractivity contribution in [1.82, 2.24) is 0 Å². The van der Waals surface area contributed by atoms with Gasteiger partial charge in [0, 0.05) is 16.0 Å². The predicted octanol–water partition coefficient (Wildman–Crippen LogP) is 6.40. The van der Waals surface area contributed by atoms with Crippen LogP contribution < -0.4 is 10.1 Å². The van der Waals surface area contributed by atoms with E-state index >= 15 is 0 Å². The topological polar surface area (TPSA) is 64.6 Å². The van der Waals surface area contributed by atoms with E-state index in [0.29, 0.717) is 32.3 Å². The number of halogens is 2. The van der Waals surface area contributed by atoms with Crippen LogP contribution in [0.4, 0.5) is 5.00 Å². The highest BCUT2D eigenvalue weighted by Crippen LogP contribution is 2.44. The third kappa shape index (κ3) is 5.73. The fourth-order valence-corrected chi connectivity index (χ4v) is 5.39. The molecule has 0 aliphatic heterocycles. The Morgan fingerprint density at radius 3 is 2.68 bits per heavy atom. The van der Waals surface area contributed by atoms with E-state index in [1.807, 2.05) is 0 Å². The number of benzene rings is 1. The van der Waals surface area contributed by atoms with E-state index < -0.39 is 5.97 Å². The van der Waals surface area contributed by atoms with Crippen molar-refractivity contribution in [2.75, 3.05) is 18.5 Å². The fourth-order valence-electron chi connectivity index (χ4n) is 3.73. The molecule has 0 radical (unpaired) electrons. The van der Waals surface area contributed by atoms with Gasteiger partial charge in [-0.15, -0.1) is 11.3 Å². The maximum atomic E-state index is 12.7. The minimum atomic E-state index is -0.400. The lowest BCUT2D eigenvalue weighted by Crippen LogP contribution is -2.26. The predicted molar refractivity (Wildman–Crippen MR) is 126 cm³/mol. The Morgan fingerprint density at radius 1 is 1.26 bits per heavy atom. The molecule has 0 saturated carbocycles. The molecule has 1 aromatic heterocycles. The number of anilines is 1. The smallest absolute Gasteiger partial charge is 0.341 e.